The molecule has 3 N–H and O–H groups in total. The summed E-state index contributed by atoms with van der Waals surface area (Å²) in [6, 6.07) is 32.5. The predicted molar refractivity (Wildman–Crippen MR) is 196 cm³/mol. The highest BCUT2D eigenvalue weighted by Gasteiger charge is 2.23. The third-order valence-corrected chi connectivity index (χ3v) is 9.14. The maximum Gasteiger partial charge on any atom is 0.341 e. The zero-order valence-corrected chi connectivity index (χ0v) is 28.9. The Kier molecular flexibility index (Phi) is 12.0. The maximum atomic E-state index is 13.5. The number of rotatable bonds is 12. The van der Waals surface area contributed by atoms with E-state index in [0.717, 1.165) is 14.9 Å². The van der Waals surface area contributed by atoms with E-state index in [-0.39, 0.29) is 24.0 Å². The van der Waals surface area contributed by atoms with Crippen LogP contribution in [0.1, 0.15) is 33.2 Å². The zero-order valence-electron chi connectivity index (χ0n) is 25.7. The number of carbonyl (C=O) groups excluding carboxylic acids is 4. The number of esters is 1. The minimum atomic E-state index is -0.516. The van der Waals surface area contributed by atoms with E-state index in [4.69, 9.17) is 4.74 Å². The predicted octanol–water partition coefficient (Wildman–Crippen LogP) is 8.49. The summed E-state index contributed by atoms with van der Waals surface area (Å²) >= 11 is 5.98. The molecule has 5 rings (SSSR count). The molecule has 0 unspecified atom stereocenters. The highest BCUT2D eigenvalue weighted by Crippen LogP contribution is 2.36. The van der Waals surface area contributed by atoms with Gasteiger partial charge in [0, 0.05) is 31.6 Å². The van der Waals surface area contributed by atoms with E-state index in [2.05, 4.69) is 31.9 Å². The molecule has 0 aliphatic heterocycles. The number of ether oxygens (including phenoxy) is 1. The number of hydrogen-bond donors (Lipinski definition) is 3. The van der Waals surface area contributed by atoms with Crippen LogP contribution in [0.15, 0.2) is 130 Å². The van der Waals surface area contributed by atoms with Gasteiger partial charge in [0.15, 0.2) is 0 Å². The van der Waals surface area contributed by atoms with Crippen molar-refractivity contribution in [1.29, 1.82) is 0 Å². The molecule has 0 atom stereocenters. The summed E-state index contributed by atoms with van der Waals surface area (Å²) in [6.45, 7) is 1.94. The topological polar surface area (TPSA) is 114 Å². The molecule has 0 saturated heterocycles. The normalized spacial score (nSPS) is 11.0. The Hall–Kier alpha value is -4.97. The van der Waals surface area contributed by atoms with Crippen molar-refractivity contribution >= 4 is 79.5 Å². The summed E-state index contributed by atoms with van der Waals surface area (Å²) in [5.74, 6) is -1.69. The Labute approximate surface area is 294 Å². The third-order valence-electron chi connectivity index (χ3n) is 6.76. The Morgan fingerprint density at radius 3 is 2.31 bits per heavy atom. The quantitative estimate of drug-likeness (QED) is 0.0672. The fraction of sp³-hybridized carbons (Fsp3) is 0.0811. The first-order chi connectivity index (χ1) is 23.3. The van der Waals surface area contributed by atoms with Crippen molar-refractivity contribution in [3.8, 4) is 11.1 Å². The molecular formula is C37H30BrN3O5S2. The van der Waals surface area contributed by atoms with E-state index in [1.54, 1.807) is 61.5 Å². The van der Waals surface area contributed by atoms with Gasteiger partial charge in [0.25, 0.3) is 11.8 Å². The summed E-state index contributed by atoms with van der Waals surface area (Å²) in [5, 5.41) is 10.7. The number of nitrogens with one attached hydrogen (secondary N) is 3. The lowest BCUT2D eigenvalue weighted by atomic mass is 10.0. The van der Waals surface area contributed by atoms with Crippen molar-refractivity contribution in [3.63, 3.8) is 0 Å². The Balaban J connectivity index is 1.27. The smallest absolute Gasteiger partial charge is 0.341 e. The number of hydrogen-bond acceptors (Lipinski definition) is 7. The van der Waals surface area contributed by atoms with Crippen molar-refractivity contribution in [3.05, 3.63) is 141 Å². The lowest BCUT2D eigenvalue weighted by Gasteiger charge is -2.12. The van der Waals surface area contributed by atoms with Crippen molar-refractivity contribution in [2.75, 3.05) is 23.0 Å². The number of thioether (sulfide) groups is 1. The molecule has 48 heavy (non-hydrogen) atoms. The first kappa shape index (κ1) is 34.4. The molecule has 0 fully saturated rings. The van der Waals surface area contributed by atoms with Gasteiger partial charge in [-0.2, -0.15) is 0 Å². The second-order valence-corrected chi connectivity index (χ2v) is 13.0. The molecule has 0 saturated carbocycles. The average Bonchev–Trinajstić information content (AvgIpc) is 3.51. The van der Waals surface area contributed by atoms with Crippen LogP contribution in [0.2, 0.25) is 0 Å². The standard InChI is InChI=1S/C37H30BrN3O5S2/c1-2-46-37(45)33-30(25-12-5-3-6-13-25)22-48-36(33)41-32(42)23-47-29-18-10-17-28(21-29)39-35(44)31(20-24-11-9-16-27(38)19-24)40-34(43)26-14-7-4-8-15-26/h3-22H,2,23H2,1H3,(H,39,44)(H,40,43)(H,41,42)/b31-20+. The lowest BCUT2D eigenvalue weighted by Crippen LogP contribution is -2.30. The summed E-state index contributed by atoms with van der Waals surface area (Å²) in [5.41, 5.74) is 3.53. The van der Waals surface area contributed by atoms with Gasteiger partial charge in [-0.15, -0.1) is 23.1 Å². The molecule has 11 heteroatoms. The van der Waals surface area contributed by atoms with Gasteiger partial charge in [-0.25, -0.2) is 4.79 Å². The van der Waals surface area contributed by atoms with Gasteiger partial charge in [-0.3, -0.25) is 14.4 Å². The van der Waals surface area contributed by atoms with Crippen molar-refractivity contribution in [2.45, 2.75) is 11.8 Å². The zero-order chi connectivity index (χ0) is 33.9. The van der Waals surface area contributed by atoms with Crippen LogP contribution in [-0.4, -0.2) is 36.1 Å². The molecule has 1 aromatic heterocycles. The van der Waals surface area contributed by atoms with Gasteiger partial charge in [0.05, 0.1) is 12.4 Å². The molecular weight excluding hydrogens is 710 g/mol. The number of carbonyl (C=O) groups is 4. The van der Waals surface area contributed by atoms with Crippen LogP contribution in [0, 0.1) is 0 Å². The Bertz CT molecular complexity index is 1960. The van der Waals surface area contributed by atoms with Crippen LogP contribution < -0.4 is 16.0 Å². The fourth-order valence-electron chi connectivity index (χ4n) is 4.57. The molecule has 1 heterocycles. The minimum Gasteiger partial charge on any atom is -0.462 e. The average molecular weight is 741 g/mol. The van der Waals surface area contributed by atoms with Crippen molar-refractivity contribution in [1.82, 2.24) is 5.32 Å². The van der Waals surface area contributed by atoms with Gasteiger partial charge in [0.2, 0.25) is 5.91 Å². The van der Waals surface area contributed by atoms with Gasteiger partial charge in [0.1, 0.15) is 16.3 Å². The third kappa shape index (κ3) is 9.31. The van der Waals surface area contributed by atoms with Gasteiger partial charge in [-0.1, -0.05) is 82.7 Å². The summed E-state index contributed by atoms with van der Waals surface area (Å²) in [7, 11) is 0. The molecule has 3 amide bonds. The van der Waals surface area contributed by atoms with Gasteiger partial charge >= 0.3 is 5.97 Å². The fourth-order valence-corrected chi connectivity index (χ4v) is 6.71. The molecule has 0 bridgehead atoms. The van der Waals surface area contributed by atoms with Gasteiger partial charge < -0.3 is 20.7 Å². The number of benzene rings is 4. The summed E-state index contributed by atoms with van der Waals surface area (Å²) < 4.78 is 6.12. The second kappa shape index (κ2) is 16.7. The summed E-state index contributed by atoms with van der Waals surface area (Å²) in [4.78, 5) is 53.1. The molecule has 0 radical (unpaired) electrons. The number of thiophene rings is 1. The van der Waals surface area contributed by atoms with Crippen LogP contribution in [0.4, 0.5) is 10.7 Å². The highest BCUT2D eigenvalue weighted by atomic mass is 79.9. The van der Waals surface area contributed by atoms with Crippen LogP contribution >= 0.6 is 39.0 Å². The number of halogens is 1. The maximum absolute atomic E-state index is 13.5. The molecule has 0 aliphatic rings. The first-order valence-electron chi connectivity index (χ1n) is 14.8. The summed E-state index contributed by atoms with van der Waals surface area (Å²) in [6.07, 6.45) is 1.60. The monoisotopic (exact) mass is 739 g/mol. The van der Waals surface area contributed by atoms with Crippen molar-refractivity contribution < 1.29 is 23.9 Å². The van der Waals surface area contributed by atoms with Crippen LogP contribution in [0.5, 0.6) is 0 Å². The van der Waals surface area contributed by atoms with E-state index >= 15 is 0 Å². The van der Waals surface area contributed by atoms with E-state index in [0.29, 0.717) is 32.9 Å². The van der Waals surface area contributed by atoms with Crippen LogP contribution in [0.25, 0.3) is 17.2 Å². The van der Waals surface area contributed by atoms with Crippen molar-refractivity contribution in [2.24, 2.45) is 0 Å². The number of anilines is 2. The molecule has 0 spiro atoms. The Morgan fingerprint density at radius 1 is 0.854 bits per heavy atom. The SMILES string of the molecule is CCOC(=O)c1c(-c2ccccc2)csc1NC(=O)CSc1cccc(NC(=O)/C(=C\c2cccc(Br)c2)NC(=O)c2ccccc2)c1. The molecule has 0 aliphatic carbocycles. The number of amides is 3. The van der Waals surface area contributed by atoms with E-state index in [1.807, 2.05) is 66.0 Å². The largest absolute Gasteiger partial charge is 0.462 e. The Morgan fingerprint density at radius 2 is 1.58 bits per heavy atom. The first-order valence-corrected chi connectivity index (χ1v) is 17.5. The van der Waals surface area contributed by atoms with Crippen LogP contribution in [-0.2, 0) is 14.3 Å². The van der Waals surface area contributed by atoms with E-state index in [1.165, 1.54) is 23.1 Å². The lowest BCUT2D eigenvalue weighted by molar-refractivity contribution is -0.114. The van der Waals surface area contributed by atoms with Gasteiger partial charge in [-0.05, 0) is 66.6 Å². The van der Waals surface area contributed by atoms with E-state index in [9.17, 15) is 19.2 Å². The molecule has 8 nitrogen and oxygen atoms in total. The van der Waals surface area contributed by atoms with E-state index < -0.39 is 17.8 Å². The highest BCUT2D eigenvalue weighted by molar-refractivity contribution is 9.10. The molecule has 4 aromatic carbocycles. The minimum absolute atomic E-state index is 0.0550. The second-order valence-electron chi connectivity index (χ2n) is 10.2. The molecule has 242 valence electrons. The van der Waals surface area contributed by atoms with Crippen LogP contribution in [0.3, 0.4) is 0 Å². The molecule has 5 aromatic rings.